The summed E-state index contributed by atoms with van der Waals surface area (Å²) in [5.74, 6) is -8.72. The van der Waals surface area contributed by atoms with Crippen LogP contribution in [-0.2, 0) is 15.0 Å². The third-order valence-corrected chi connectivity index (χ3v) is 11.5. The summed E-state index contributed by atoms with van der Waals surface area (Å²) >= 11 is 0. The molecule has 9 heteroatoms. The number of fused-ring (bicyclic) bond motifs is 3. The Balaban J connectivity index is 2.00. The number of nitrogens with two attached hydrogens (primary N) is 1. The fraction of sp³-hybridized carbons (Fsp3) is 0.719. The Morgan fingerprint density at radius 1 is 1.12 bits per heavy atom. The number of carbonyl (C=O) groups excluding carboxylic acids is 3. The summed E-state index contributed by atoms with van der Waals surface area (Å²) in [6.45, 7) is 14.4. The van der Waals surface area contributed by atoms with Gasteiger partial charge in [-0.1, -0.05) is 80.4 Å². The summed E-state index contributed by atoms with van der Waals surface area (Å²) in [4.78, 5) is 40.7. The van der Waals surface area contributed by atoms with Crippen LogP contribution < -0.4 is 5.73 Å². The zero-order valence-corrected chi connectivity index (χ0v) is 25.4. The van der Waals surface area contributed by atoms with Gasteiger partial charge in [0.2, 0.25) is 5.91 Å². The lowest BCUT2D eigenvalue weighted by Crippen LogP contribution is -2.83. The maximum Gasteiger partial charge on any atom is 0.230 e. The summed E-state index contributed by atoms with van der Waals surface area (Å²) < 4.78 is 0. The Morgan fingerprint density at radius 2 is 1.71 bits per heavy atom. The fourth-order valence-corrected chi connectivity index (χ4v) is 9.06. The number of ketones is 2. The highest BCUT2D eigenvalue weighted by atomic mass is 16.4. The number of phenols is 1. The number of unbranched alkanes of at least 4 members (excludes halogenated alkanes) is 1. The van der Waals surface area contributed by atoms with Crippen molar-refractivity contribution in [3.05, 3.63) is 28.8 Å². The first-order chi connectivity index (χ1) is 18.8. The first-order valence-corrected chi connectivity index (χ1v) is 14.8. The molecule has 228 valence electrons. The molecule has 0 aliphatic heterocycles. The minimum Gasteiger partial charge on any atom is -0.507 e. The average molecular weight is 574 g/mol. The van der Waals surface area contributed by atoms with Crippen LogP contribution in [0.2, 0.25) is 0 Å². The van der Waals surface area contributed by atoms with E-state index in [1.54, 1.807) is 33.8 Å². The van der Waals surface area contributed by atoms with E-state index in [4.69, 9.17) is 5.73 Å². The number of phenolic OH excluding ortho intramolecular Hbond substituents is 1. The molecule has 1 amide bonds. The molecule has 0 spiro atoms. The molecule has 1 aromatic carbocycles. The Hall–Kier alpha value is -2.33. The number of benzene rings is 1. The van der Waals surface area contributed by atoms with Crippen molar-refractivity contribution >= 4 is 17.5 Å². The number of hydrogen-bond acceptors (Lipinski definition) is 8. The number of aliphatic hydroxyl groups excluding tert-OH is 3. The second kappa shape index (κ2) is 9.86. The van der Waals surface area contributed by atoms with Crippen molar-refractivity contribution in [3.63, 3.8) is 0 Å². The van der Waals surface area contributed by atoms with Crippen molar-refractivity contribution in [1.29, 1.82) is 0 Å². The Kier molecular flexibility index (Phi) is 7.60. The monoisotopic (exact) mass is 573 g/mol. The van der Waals surface area contributed by atoms with Crippen LogP contribution in [0.1, 0.15) is 102 Å². The number of carbonyl (C=O) groups is 3. The van der Waals surface area contributed by atoms with Gasteiger partial charge in [0.1, 0.15) is 17.8 Å². The molecular weight excluding hydrogens is 526 g/mol. The molecule has 10 atom stereocenters. The van der Waals surface area contributed by atoms with Crippen molar-refractivity contribution < 1.29 is 39.9 Å². The van der Waals surface area contributed by atoms with Gasteiger partial charge in [0, 0.05) is 16.4 Å². The number of aliphatic hydroxyl groups is 4. The third kappa shape index (κ3) is 3.78. The standard InChI is InChI=1S/C32H47NO8/c1-9-10-13-29(5,6)17-12-11-16-15(4)30(7)21(23(35)18(16)22(17)34)26(38)32(41)25(37)19(27(33)39)24(36)20(14(2)3)31(32,8)28(30)40/h11-12,14-15,19-21,24,26,28,34,36,38,40-41H,9-10,13H2,1-8H3,(H2,33,39)/t15-,19-,20+,21-,24?,26?,28-,30+,31+,32+/m1/s1. The molecular formula is C32H47NO8. The topological polar surface area (TPSA) is 178 Å². The number of primary amides is 1. The first-order valence-electron chi connectivity index (χ1n) is 14.8. The van der Waals surface area contributed by atoms with Crippen molar-refractivity contribution in [2.24, 2.45) is 40.2 Å². The molecule has 1 aromatic rings. The summed E-state index contributed by atoms with van der Waals surface area (Å²) in [6, 6.07) is 3.59. The lowest BCUT2D eigenvalue weighted by atomic mass is 9.36. The van der Waals surface area contributed by atoms with Gasteiger partial charge in [0.15, 0.2) is 17.2 Å². The quantitative estimate of drug-likeness (QED) is 0.281. The van der Waals surface area contributed by atoms with Crippen molar-refractivity contribution in [1.82, 2.24) is 0 Å². The first kappa shape index (κ1) is 31.6. The van der Waals surface area contributed by atoms with Gasteiger partial charge in [0.25, 0.3) is 0 Å². The van der Waals surface area contributed by atoms with E-state index in [0.29, 0.717) is 11.1 Å². The highest BCUT2D eigenvalue weighted by molar-refractivity contribution is 6.09. The van der Waals surface area contributed by atoms with Gasteiger partial charge in [-0.2, -0.15) is 0 Å². The summed E-state index contributed by atoms with van der Waals surface area (Å²) in [7, 11) is 0. The Labute approximate surface area is 242 Å². The van der Waals surface area contributed by atoms with E-state index < -0.39 is 87.2 Å². The van der Waals surface area contributed by atoms with Crippen LogP contribution in [0.25, 0.3) is 0 Å². The minimum atomic E-state index is -2.79. The van der Waals surface area contributed by atoms with Gasteiger partial charge in [-0.25, -0.2) is 0 Å². The molecule has 7 N–H and O–H groups in total. The maximum absolute atomic E-state index is 14.4. The molecule has 41 heavy (non-hydrogen) atoms. The van der Waals surface area contributed by atoms with Crippen LogP contribution in [0.15, 0.2) is 12.1 Å². The van der Waals surface area contributed by atoms with E-state index in [0.717, 1.165) is 19.3 Å². The van der Waals surface area contributed by atoms with E-state index >= 15 is 0 Å². The lowest BCUT2D eigenvalue weighted by molar-refractivity contribution is -0.306. The third-order valence-electron chi connectivity index (χ3n) is 11.5. The number of amides is 1. The summed E-state index contributed by atoms with van der Waals surface area (Å²) in [5.41, 5.74) is 0.0893. The van der Waals surface area contributed by atoms with Gasteiger partial charge >= 0.3 is 0 Å². The second-order valence-corrected chi connectivity index (χ2v) is 14.2. The second-order valence-electron chi connectivity index (χ2n) is 14.2. The molecule has 0 bridgehead atoms. The highest BCUT2D eigenvalue weighted by Crippen LogP contribution is 2.68. The number of rotatable bonds is 6. The van der Waals surface area contributed by atoms with E-state index in [-0.39, 0.29) is 11.3 Å². The molecule has 3 aliphatic carbocycles. The van der Waals surface area contributed by atoms with E-state index in [1.165, 1.54) is 6.92 Å². The summed E-state index contributed by atoms with van der Waals surface area (Å²) in [6.07, 6.45) is -2.61. The van der Waals surface area contributed by atoms with Crippen molar-refractivity contribution in [2.45, 2.75) is 110 Å². The Morgan fingerprint density at radius 3 is 2.22 bits per heavy atom. The molecule has 0 radical (unpaired) electrons. The number of hydrogen-bond donors (Lipinski definition) is 6. The predicted molar refractivity (Wildman–Crippen MR) is 152 cm³/mol. The molecule has 2 unspecified atom stereocenters. The molecule has 2 fully saturated rings. The molecule has 0 heterocycles. The SMILES string of the molecule is CCCCC(C)(C)c1ccc2c(c1O)C(=O)[C@@H]1C(O)[C@@]3(O)C(=O)[C@H](C(N)=O)C(O)[C@H](C(C)C)[C@@]3(C)[C@H](O)[C@@]1(C)[C@@H]2C. The van der Waals surface area contributed by atoms with Gasteiger partial charge in [-0.3, -0.25) is 14.4 Å². The molecule has 9 nitrogen and oxygen atoms in total. The van der Waals surface area contributed by atoms with Crippen molar-refractivity contribution in [2.75, 3.05) is 0 Å². The maximum atomic E-state index is 14.4. The van der Waals surface area contributed by atoms with Crippen LogP contribution >= 0.6 is 0 Å². The average Bonchev–Trinajstić information content (AvgIpc) is 2.87. The van der Waals surface area contributed by atoms with Gasteiger partial charge in [-0.15, -0.1) is 0 Å². The van der Waals surface area contributed by atoms with Crippen LogP contribution in [0, 0.1) is 34.5 Å². The molecule has 0 aromatic heterocycles. The fourth-order valence-electron chi connectivity index (χ4n) is 9.06. The Bertz CT molecular complexity index is 1270. The zero-order chi connectivity index (χ0) is 31.2. The number of aromatic hydroxyl groups is 1. The normalized spacial score (nSPS) is 40.7. The van der Waals surface area contributed by atoms with E-state index in [1.807, 2.05) is 19.9 Å². The minimum absolute atomic E-state index is 0.00987. The van der Waals surface area contributed by atoms with Gasteiger partial charge in [0.05, 0.1) is 23.7 Å². The van der Waals surface area contributed by atoms with Crippen LogP contribution in [0.5, 0.6) is 5.75 Å². The van der Waals surface area contributed by atoms with Crippen molar-refractivity contribution in [3.8, 4) is 5.75 Å². The van der Waals surface area contributed by atoms with Crippen LogP contribution in [-0.4, -0.2) is 66.9 Å². The highest BCUT2D eigenvalue weighted by Gasteiger charge is 2.80. The lowest BCUT2D eigenvalue weighted by Gasteiger charge is -2.69. The van der Waals surface area contributed by atoms with Gasteiger partial charge in [-0.05, 0) is 35.2 Å². The van der Waals surface area contributed by atoms with Gasteiger partial charge < -0.3 is 31.3 Å². The van der Waals surface area contributed by atoms with E-state index in [2.05, 4.69) is 6.92 Å². The number of Topliss-reactive ketones (excluding diaryl/α,β-unsaturated/α-hetero) is 2. The largest absolute Gasteiger partial charge is 0.507 e. The van der Waals surface area contributed by atoms with Crippen LogP contribution in [0.4, 0.5) is 0 Å². The molecule has 2 saturated carbocycles. The molecule has 4 rings (SSSR count). The molecule has 0 saturated heterocycles. The molecule has 3 aliphatic rings. The van der Waals surface area contributed by atoms with Crippen LogP contribution in [0.3, 0.4) is 0 Å². The summed E-state index contributed by atoms with van der Waals surface area (Å²) in [5, 5.41) is 59.4. The van der Waals surface area contributed by atoms with E-state index in [9.17, 15) is 39.9 Å². The zero-order valence-electron chi connectivity index (χ0n) is 25.4. The smallest absolute Gasteiger partial charge is 0.230 e. The predicted octanol–water partition coefficient (Wildman–Crippen LogP) is 2.57.